The molecule has 0 radical (unpaired) electrons. The first-order chi connectivity index (χ1) is 14.2. The van der Waals surface area contributed by atoms with Crippen LogP contribution in [0.2, 0.25) is 0 Å². The fraction of sp³-hybridized carbons (Fsp3) is 0.565. The first-order valence-corrected chi connectivity index (χ1v) is 11.1. The summed E-state index contributed by atoms with van der Waals surface area (Å²) in [7, 11) is 0. The lowest BCUT2D eigenvalue weighted by Gasteiger charge is -2.42. The Kier molecular flexibility index (Phi) is 5.14. The maximum Gasteiger partial charge on any atom is 0.259 e. The molecule has 0 spiro atoms. The maximum absolute atomic E-state index is 13.6. The van der Waals surface area contributed by atoms with Crippen molar-refractivity contribution in [1.29, 1.82) is 0 Å². The third-order valence-corrected chi connectivity index (χ3v) is 6.84. The van der Waals surface area contributed by atoms with Crippen molar-refractivity contribution in [2.24, 2.45) is 16.6 Å². The van der Waals surface area contributed by atoms with E-state index in [0.29, 0.717) is 13.1 Å². The minimum atomic E-state index is 0.145. The molecule has 1 aliphatic carbocycles. The Labute approximate surface area is 173 Å². The molecule has 0 bridgehead atoms. The van der Waals surface area contributed by atoms with Crippen molar-refractivity contribution in [2.75, 3.05) is 32.7 Å². The molecule has 1 fully saturated rings. The van der Waals surface area contributed by atoms with Crippen LogP contribution >= 0.6 is 0 Å². The molecule has 6 nitrogen and oxygen atoms in total. The zero-order valence-electron chi connectivity index (χ0n) is 17.1. The molecular formula is C23H31N5O. The van der Waals surface area contributed by atoms with Gasteiger partial charge in [-0.1, -0.05) is 37.1 Å². The largest absolute Gasteiger partial charge is 0.326 e. The SMILES string of the molecule is NCc1cccc(CN2C(=O)C3=C(CCN(CC4CCCC4)C3)N3CCN=C23)c1. The highest BCUT2D eigenvalue weighted by molar-refractivity contribution is 6.09. The molecule has 0 saturated heterocycles. The van der Waals surface area contributed by atoms with Gasteiger partial charge in [-0.15, -0.1) is 0 Å². The first kappa shape index (κ1) is 18.8. The van der Waals surface area contributed by atoms with Gasteiger partial charge in [-0.3, -0.25) is 19.6 Å². The zero-order valence-corrected chi connectivity index (χ0v) is 17.1. The Balaban J connectivity index is 1.38. The normalized spacial score (nSPS) is 22.9. The van der Waals surface area contributed by atoms with Gasteiger partial charge >= 0.3 is 0 Å². The highest BCUT2D eigenvalue weighted by Crippen LogP contribution is 2.33. The Morgan fingerprint density at radius 1 is 1.14 bits per heavy atom. The van der Waals surface area contributed by atoms with E-state index in [1.165, 1.54) is 31.4 Å². The summed E-state index contributed by atoms with van der Waals surface area (Å²) in [6, 6.07) is 8.23. The van der Waals surface area contributed by atoms with Crippen LogP contribution in [0.1, 0.15) is 43.2 Å². The number of rotatable bonds is 5. The third kappa shape index (κ3) is 3.60. The second-order valence-electron chi connectivity index (χ2n) is 8.81. The van der Waals surface area contributed by atoms with Gasteiger partial charge in [-0.2, -0.15) is 0 Å². The van der Waals surface area contributed by atoms with Crippen molar-refractivity contribution < 1.29 is 4.79 Å². The van der Waals surface area contributed by atoms with Crippen LogP contribution in [0.15, 0.2) is 40.5 Å². The molecular weight excluding hydrogens is 362 g/mol. The zero-order chi connectivity index (χ0) is 19.8. The van der Waals surface area contributed by atoms with E-state index < -0.39 is 0 Å². The van der Waals surface area contributed by atoms with Gasteiger partial charge in [0, 0.05) is 44.8 Å². The van der Waals surface area contributed by atoms with Crippen molar-refractivity contribution >= 4 is 11.9 Å². The number of nitrogens with zero attached hydrogens (tertiary/aromatic N) is 4. The molecule has 3 aliphatic heterocycles. The fourth-order valence-corrected chi connectivity index (χ4v) is 5.37. The average Bonchev–Trinajstić information content (AvgIpc) is 3.43. The van der Waals surface area contributed by atoms with Crippen molar-refractivity contribution in [1.82, 2.24) is 14.7 Å². The number of hydrogen-bond donors (Lipinski definition) is 1. The predicted octanol–water partition coefficient (Wildman–Crippen LogP) is 2.31. The van der Waals surface area contributed by atoms with Crippen LogP contribution in [-0.4, -0.2) is 59.3 Å². The van der Waals surface area contributed by atoms with E-state index in [0.717, 1.165) is 67.7 Å². The number of guanidine groups is 1. The summed E-state index contributed by atoms with van der Waals surface area (Å²) >= 11 is 0. The van der Waals surface area contributed by atoms with E-state index in [2.05, 4.69) is 21.9 Å². The van der Waals surface area contributed by atoms with Gasteiger partial charge in [0.05, 0.1) is 18.7 Å². The second kappa shape index (κ2) is 7.92. The number of benzene rings is 1. The monoisotopic (exact) mass is 393 g/mol. The minimum Gasteiger partial charge on any atom is -0.326 e. The summed E-state index contributed by atoms with van der Waals surface area (Å²) in [6.07, 6.45) is 6.40. The number of nitrogens with two attached hydrogens (primary N) is 1. The number of amides is 1. The van der Waals surface area contributed by atoms with Crippen LogP contribution in [0.3, 0.4) is 0 Å². The van der Waals surface area contributed by atoms with Crippen LogP contribution in [0, 0.1) is 5.92 Å². The number of hydrogen-bond acceptors (Lipinski definition) is 5. The quantitative estimate of drug-likeness (QED) is 0.834. The second-order valence-corrected chi connectivity index (χ2v) is 8.81. The van der Waals surface area contributed by atoms with E-state index in [1.807, 2.05) is 17.0 Å². The smallest absolute Gasteiger partial charge is 0.259 e. The lowest BCUT2D eigenvalue weighted by atomic mass is 9.98. The first-order valence-electron chi connectivity index (χ1n) is 11.1. The Morgan fingerprint density at radius 2 is 1.97 bits per heavy atom. The molecule has 2 N–H and O–H groups in total. The van der Waals surface area contributed by atoms with Crippen molar-refractivity contribution in [3.8, 4) is 0 Å². The van der Waals surface area contributed by atoms with Crippen LogP contribution in [0.25, 0.3) is 0 Å². The van der Waals surface area contributed by atoms with Gasteiger partial charge in [-0.25, -0.2) is 0 Å². The lowest BCUT2D eigenvalue weighted by Crippen LogP contribution is -2.54. The van der Waals surface area contributed by atoms with Gasteiger partial charge in [0.2, 0.25) is 5.96 Å². The molecule has 5 rings (SSSR count). The molecule has 4 aliphatic rings. The third-order valence-electron chi connectivity index (χ3n) is 6.84. The summed E-state index contributed by atoms with van der Waals surface area (Å²) in [5.74, 6) is 1.80. The molecule has 3 heterocycles. The lowest BCUT2D eigenvalue weighted by molar-refractivity contribution is -0.125. The highest BCUT2D eigenvalue weighted by atomic mass is 16.2. The van der Waals surface area contributed by atoms with Gasteiger partial charge in [-0.05, 0) is 29.9 Å². The topological polar surface area (TPSA) is 65.2 Å². The van der Waals surface area contributed by atoms with Gasteiger partial charge in [0.15, 0.2) is 0 Å². The van der Waals surface area contributed by atoms with Crippen LogP contribution in [0.5, 0.6) is 0 Å². The highest BCUT2D eigenvalue weighted by Gasteiger charge is 2.41. The van der Waals surface area contributed by atoms with Crippen LogP contribution in [0.4, 0.5) is 0 Å². The standard InChI is InChI=1S/C23H31N5O/c24-13-18-6-3-7-19(12-18)15-28-22(29)20-16-26(14-17-4-1-2-5-17)10-8-21(20)27-11-9-25-23(27)28/h3,6-7,12,17H,1-2,4-5,8-11,13-16,24H2. The van der Waals surface area contributed by atoms with Gasteiger partial charge in [0.25, 0.3) is 5.91 Å². The maximum atomic E-state index is 13.6. The van der Waals surface area contributed by atoms with E-state index in [1.54, 1.807) is 0 Å². The molecule has 1 saturated carbocycles. The van der Waals surface area contributed by atoms with E-state index in [4.69, 9.17) is 10.7 Å². The van der Waals surface area contributed by atoms with Crippen LogP contribution in [-0.2, 0) is 17.9 Å². The molecule has 1 amide bonds. The van der Waals surface area contributed by atoms with Crippen molar-refractivity contribution in [2.45, 2.75) is 45.2 Å². The average molecular weight is 394 g/mol. The summed E-state index contributed by atoms with van der Waals surface area (Å²) in [4.78, 5) is 25.0. The molecule has 0 atom stereocenters. The Hall–Kier alpha value is -2.18. The number of carbonyl (C=O) groups is 1. The predicted molar refractivity (Wildman–Crippen MR) is 114 cm³/mol. The number of fused-ring (bicyclic) bond motifs is 2. The molecule has 0 aromatic heterocycles. The Morgan fingerprint density at radius 3 is 2.79 bits per heavy atom. The minimum absolute atomic E-state index is 0.145. The van der Waals surface area contributed by atoms with Crippen molar-refractivity contribution in [3.05, 3.63) is 46.7 Å². The summed E-state index contributed by atoms with van der Waals surface area (Å²) in [6.45, 7) is 5.72. The van der Waals surface area contributed by atoms with Gasteiger partial charge in [0.1, 0.15) is 0 Å². The molecule has 1 aromatic rings. The Bertz CT molecular complexity index is 855. The van der Waals surface area contributed by atoms with E-state index in [-0.39, 0.29) is 5.91 Å². The van der Waals surface area contributed by atoms with Crippen molar-refractivity contribution in [3.63, 3.8) is 0 Å². The van der Waals surface area contributed by atoms with E-state index in [9.17, 15) is 4.79 Å². The van der Waals surface area contributed by atoms with E-state index >= 15 is 0 Å². The number of carbonyl (C=O) groups excluding carboxylic acids is 1. The fourth-order valence-electron chi connectivity index (χ4n) is 5.37. The molecule has 0 unspecified atom stereocenters. The summed E-state index contributed by atoms with van der Waals surface area (Å²) in [5.41, 5.74) is 10.2. The molecule has 154 valence electrons. The number of aliphatic imine (C=N–C) groups is 1. The molecule has 1 aromatic carbocycles. The van der Waals surface area contributed by atoms with Crippen LogP contribution < -0.4 is 5.73 Å². The van der Waals surface area contributed by atoms with Gasteiger partial charge < -0.3 is 10.6 Å². The molecule has 29 heavy (non-hydrogen) atoms. The molecule has 6 heteroatoms. The summed E-state index contributed by atoms with van der Waals surface area (Å²) in [5, 5.41) is 0. The summed E-state index contributed by atoms with van der Waals surface area (Å²) < 4.78 is 0.